The maximum Gasteiger partial charge on any atom is 0.220 e. The van der Waals surface area contributed by atoms with Crippen molar-refractivity contribution >= 4 is 21.8 Å². The number of halogens is 1. The Bertz CT molecular complexity index is 738. The molecule has 132 valence electrons. The first-order valence-electron chi connectivity index (χ1n) is 8.72. The zero-order chi connectivity index (χ0) is 17.9. The smallest absolute Gasteiger partial charge is 0.220 e. The van der Waals surface area contributed by atoms with Gasteiger partial charge in [0.25, 0.3) is 0 Å². The number of carbonyl (C=O) groups excluding carboxylic acids is 1. The van der Waals surface area contributed by atoms with Crippen LogP contribution in [0.5, 0.6) is 5.75 Å². The van der Waals surface area contributed by atoms with Gasteiger partial charge in [-0.15, -0.1) is 0 Å². The molecule has 0 aliphatic heterocycles. The number of aryl methyl sites for hydroxylation is 1. The van der Waals surface area contributed by atoms with Gasteiger partial charge in [-0.25, -0.2) is 0 Å². The second-order valence-corrected chi connectivity index (χ2v) is 7.72. The summed E-state index contributed by atoms with van der Waals surface area (Å²) in [5.41, 5.74) is 2.54. The SMILES string of the molecule is COc1cccc(CCC(=O)NC(C)C2(c3ccc(Br)cc3)CC2)c1. The average Bonchev–Trinajstić information content (AvgIpc) is 3.43. The Morgan fingerprint density at radius 1 is 1.24 bits per heavy atom. The average molecular weight is 402 g/mol. The molecule has 2 aromatic carbocycles. The number of hydrogen-bond acceptors (Lipinski definition) is 2. The summed E-state index contributed by atoms with van der Waals surface area (Å²) >= 11 is 3.48. The maximum atomic E-state index is 12.4. The van der Waals surface area contributed by atoms with Crippen molar-refractivity contribution in [2.75, 3.05) is 7.11 Å². The van der Waals surface area contributed by atoms with Crippen molar-refractivity contribution in [3.63, 3.8) is 0 Å². The van der Waals surface area contributed by atoms with Crippen molar-refractivity contribution in [1.82, 2.24) is 5.32 Å². The third-order valence-electron chi connectivity index (χ3n) is 5.19. The molecule has 1 fully saturated rings. The van der Waals surface area contributed by atoms with Crippen LogP contribution < -0.4 is 10.1 Å². The Morgan fingerprint density at radius 3 is 2.60 bits per heavy atom. The first-order chi connectivity index (χ1) is 12.0. The molecule has 0 aromatic heterocycles. The summed E-state index contributed by atoms with van der Waals surface area (Å²) in [5.74, 6) is 0.942. The van der Waals surface area contributed by atoms with Crippen molar-refractivity contribution in [2.24, 2.45) is 0 Å². The van der Waals surface area contributed by atoms with Crippen LogP contribution in [0.1, 0.15) is 37.3 Å². The molecule has 0 bridgehead atoms. The van der Waals surface area contributed by atoms with Gasteiger partial charge in [0, 0.05) is 22.4 Å². The Morgan fingerprint density at radius 2 is 1.96 bits per heavy atom. The van der Waals surface area contributed by atoms with Crippen LogP contribution in [0.4, 0.5) is 0 Å². The standard InChI is InChI=1S/C21H24BrNO2/c1-15(21(12-13-21)17-7-9-18(22)10-8-17)23-20(24)11-6-16-4-3-5-19(14-16)25-2/h3-5,7-10,14-15H,6,11-13H2,1-2H3,(H,23,24). The van der Waals surface area contributed by atoms with Crippen molar-refractivity contribution in [1.29, 1.82) is 0 Å². The lowest BCUT2D eigenvalue weighted by molar-refractivity contribution is -0.121. The van der Waals surface area contributed by atoms with Crippen LogP contribution in [0.25, 0.3) is 0 Å². The van der Waals surface area contributed by atoms with E-state index in [1.807, 2.05) is 24.3 Å². The maximum absolute atomic E-state index is 12.4. The van der Waals surface area contributed by atoms with Crippen LogP contribution in [0.15, 0.2) is 53.0 Å². The Balaban J connectivity index is 1.56. The molecule has 25 heavy (non-hydrogen) atoms. The summed E-state index contributed by atoms with van der Waals surface area (Å²) in [6.07, 6.45) is 3.48. The fourth-order valence-corrected chi connectivity index (χ4v) is 3.69. The highest BCUT2D eigenvalue weighted by molar-refractivity contribution is 9.10. The van der Waals surface area contributed by atoms with Crippen LogP contribution in [-0.2, 0) is 16.6 Å². The van der Waals surface area contributed by atoms with Gasteiger partial charge in [0.05, 0.1) is 7.11 Å². The molecule has 1 aliphatic rings. The first kappa shape index (κ1) is 18.0. The van der Waals surface area contributed by atoms with E-state index in [1.165, 1.54) is 5.56 Å². The summed E-state index contributed by atoms with van der Waals surface area (Å²) in [6, 6.07) is 16.5. The molecule has 1 aliphatic carbocycles. The minimum absolute atomic E-state index is 0.103. The molecule has 3 nitrogen and oxygen atoms in total. The molecule has 0 radical (unpaired) electrons. The van der Waals surface area contributed by atoms with E-state index in [1.54, 1.807) is 7.11 Å². The molecule has 3 rings (SSSR count). The molecule has 1 unspecified atom stereocenters. The minimum Gasteiger partial charge on any atom is -0.497 e. The van der Waals surface area contributed by atoms with Crippen LogP contribution >= 0.6 is 15.9 Å². The zero-order valence-electron chi connectivity index (χ0n) is 14.7. The van der Waals surface area contributed by atoms with E-state index >= 15 is 0 Å². The number of hydrogen-bond donors (Lipinski definition) is 1. The molecule has 0 saturated heterocycles. The van der Waals surface area contributed by atoms with Crippen molar-refractivity contribution in [3.05, 3.63) is 64.1 Å². The third kappa shape index (κ3) is 4.24. The summed E-state index contributed by atoms with van der Waals surface area (Å²) in [7, 11) is 1.66. The lowest BCUT2D eigenvalue weighted by Crippen LogP contribution is -2.41. The lowest BCUT2D eigenvalue weighted by Gasteiger charge is -2.25. The predicted octanol–water partition coefficient (Wildman–Crippen LogP) is 4.63. The number of rotatable bonds is 7. The monoisotopic (exact) mass is 401 g/mol. The number of ether oxygens (including phenoxy) is 1. The normalized spacial score (nSPS) is 16.1. The molecular formula is C21H24BrNO2. The minimum atomic E-state index is 0.103. The van der Waals surface area contributed by atoms with Gasteiger partial charge in [-0.05, 0) is 61.6 Å². The highest BCUT2D eigenvalue weighted by Crippen LogP contribution is 2.51. The van der Waals surface area contributed by atoms with E-state index in [2.05, 4.69) is 52.4 Å². The van der Waals surface area contributed by atoms with Crippen LogP contribution in [-0.4, -0.2) is 19.1 Å². The van der Waals surface area contributed by atoms with E-state index in [-0.39, 0.29) is 17.4 Å². The highest BCUT2D eigenvalue weighted by atomic mass is 79.9. The number of methoxy groups -OCH3 is 1. The van der Waals surface area contributed by atoms with Gasteiger partial charge < -0.3 is 10.1 Å². The summed E-state index contributed by atoms with van der Waals surface area (Å²) in [6.45, 7) is 2.12. The fraction of sp³-hybridized carbons (Fsp3) is 0.381. The van der Waals surface area contributed by atoms with E-state index in [0.29, 0.717) is 6.42 Å². The largest absolute Gasteiger partial charge is 0.497 e. The predicted molar refractivity (Wildman–Crippen MR) is 104 cm³/mol. The van der Waals surface area contributed by atoms with Gasteiger partial charge in [0.2, 0.25) is 5.91 Å². The molecule has 0 spiro atoms. The van der Waals surface area contributed by atoms with Crippen molar-refractivity contribution in [2.45, 2.75) is 44.1 Å². The van der Waals surface area contributed by atoms with Crippen LogP contribution in [0.3, 0.4) is 0 Å². The second-order valence-electron chi connectivity index (χ2n) is 6.80. The van der Waals surface area contributed by atoms with E-state index in [0.717, 1.165) is 35.0 Å². The van der Waals surface area contributed by atoms with Gasteiger partial charge in [0.15, 0.2) is 0 Å². The molecular weight excluding hydrogens is 378 g/mol. The number of benzene rings is 2. The summed E-state index contributed by atoms with van der Waals surface area (Å²) in [4.78, 5) is 12.4. The van der Waals surface area contributed by atoms with E-state index < -0.39 is 0 Å². The number of carbonyl (C=O) groups is 1. The lowest BCUT2D eigenvalue weighted by atomic mass is 9.89. The number of amides is 1. The van der Waals surface area contributed by atoms with Crippen molar-refractivity contribution < 1.29 is 9.53 Å². The van der Waals surface area contributed by atoms with E-state index in [9.17, 15) is 4.79 Å². The zero-order valence-corrected chi connectivity index (χ0v) is 16.3. The first-order valence-corrected chi connectivity index (χ1v) is 9.51. The molecule has 4 heteroatoms. The molecule has 1 amide bonds. The second kappa shape index (κ2) is 7.61. The van der Waals surface area contributed by atoms with Gasteiger partial charge in [0.1, 0.15) is 5.75 Å². The third-order valence-corrected chi connectivity index (χ3v) is 5.72. The molecule has 0 heterocycles. The van der Waals surface area contributed by atoms with Gasteiger partial charge >= 0.3 is 0 Å². The molecule has 2 aromatic rings. The topological polar surface area (TPSA) is 38.3 Å². The van der Waals surface area contributed by atoms with Crippen LogP contribution in [0, 0.1) is 0 Å². The van der Waals surface area contributed by atoms with Gasteiger partial charge in [-0.2, -0.15) is 0 Å². The number of nitrogens with one attached hydrogen (secondary N) is 1. The Hall–Kier alpha value is -1.81. The highest BCUT2D eigenvalue weighted by Gasteiger charge is 2.49. The van der Waals surface area contributed by atoms with Gasteiger partial charge in [-0.3, -0.25) is 4.79 Å². The van der Waals surface area contributed by atoms with E-state index in [4.69, 9.17) is 4.74 Å². The van der Waals surface area contributed by atoms with Crippen molar-refractivity contribution in [3.8, 4) is 5.75 Å². The quantitative estimate of drug-likeness (QED) is 0.734. The Labute approximate surface area is 157 Å². The molecule has 1 saturated carbocycles. The molecule has 1 N–H and O–H groups in total. The van der Waals surface area contributed by atoms with Crippen LogP contribution in [0.2, 0.25) is 0 Å². The van der Waals surface area contributed by atoms with Gasteiger partial charge in [-0.1, -0.05) is 40.2 Å². The summed E-state index contributed by atoms with van der Waals surface area (Å²) < 4.78 is 6.32. The fourth-order valence-electron chi connectivity index (χ4n) is 3.43. The molecule has 1 atom stereocenters. The summed E-state index contributed by atoms with van der Waals surface area (Å²) in [5, 5.41) is 3.21. The Kier molecular flexibility index (Phi) is 5.48.